The molecule has 0 aromatic heterocycles. The van der Waals surface area contributed by atoms with Crippen molar-refractivity contribution in [2.24, 2.45) is 11.8 Å². The van der Waals surface area contributed by atoms with Crippen LogP contribution in [-0.2, 0) is 11.0 Å². The molecule has 0 aliphatic heterocycles. The summed E-state index contributed by atoms with van der Waals surface area (Å²) in [4.78, 5) is 12.7. The number of alkyl halides is 3. The molecule has 0 radical (unpaired) electrons. The molecule has 2 rings (SSSR count). The van der Waals surface area contributed by atoms with E-state index < -0.39 is 11.7 Å². The molecule has 24 heavy (non-hydrogen) atoms. The van der Waals surface area contributed by atoms with E-state index in [1.165, 1.54) is 17.8 Å². The van der Waals surface area contributed by atoms with Crippen LogP contribution in [0.15, 0.2) is 29.2 Å². The number of nitriles is 1. The summed E-state index contributed by atoms with van der Waals surface area (Å²) in [5.74, 6) is 0.444. The Bertz CT molecular complexity index is 613. The number of benzene rings is 1. The van der Waals surface area contributed by atoms with E-state index in [1.54, 1.807) is 6.07 Å². The first-order valence-corrected chi connectivity index (χ1v) is 8.85. The van der Waals surface area contributed by atoms with Gasteiger partial charge in [0.2, 0.25) is 5.91 Å². The maximum Gasteiger partial charge on any atom is 0.416 e. The van der Waals surface area contributed by atoms with E-state index >= 15 is 0 Å². The number of nitrogens with one attached hydrogen (secondary N) is 1. The second kappa shape index (κ2) is 8.43. The predicted molar refractivity (Wildman–Crippen MR) is 86.2 cm³/mol. The molecule has 130 valence electrons. The summed E-state index contributed by atoms with van der Waals surface area (Å²) >= 11 is 1.36. The van der Waals surface area contributed by atoms with Gasteiger partial charge < -0.3 is 5.32 Å². The Labute approximate surface area is 143 Å². The van der Waals surface area contributed by atoms with Crippen molar-refractivity contribution in [1.29, 1.82) is 5.26 Å². The maximum absolute atomic E-state index is 12.8. The second-order valence-corrected chi connectivity index (χ2v) is 6.96. The van der Waals surface area contributed by atoms with Crippen LogP contribution in [-0.4, -0.2) is 18.2 Å². The van der Waals surface area contributed by atoms with Crippen molar-refractivity contribution in [3.63, 3.8) is 0 Å². The Kier molecular flexibility index (Phi) is 6.55. The van der Waals surface area contributed by atoms with Gasteiger partial charge in [-0.25, -0.2) is 0 Å². The zero-order chi connectivity index (χ0) is 17.6. The summed E-state index contributed by atoms with van der Waals surface area (Å²) < 4.78 is 38.3. The number of carbonyl (C=O) groups excluding carboxylic acids is 1. The number of amides is 1. The van der Waals surface area contributed by atoms with Crippen LogP contribution in [0.4, 0.5) is 13.2 Å². The third-order valence-electron chi connectivity index (χ3n) is 4.21. The Morgan fingerprint density at radius 1 is 1.33 bits per heavy atom. The normalized spacial score (nSPS) is 21.1. The summed E-state index contributed by atoms with van der Waals surface area (Å²) in [6.45, 7) is -0.0111. The molecule has 0 unspecified atom stereocenters. The Morgan fingerprint density at radius 3 is 2.79 bits per heavy atom. The lowest BCUT2D eigenvalue weighted by Gasteiger charge is -2.30. The summed E-state index contributed by atoms with van der Waals surface area (Å²) in [6.07, 6.45) is -0.700. The Morgan fingerprint density at radius 2 is 2.08 bits per heavy atom. The monoisotopic (exact) mass is 356 g/mol. The van der Waals surface area contributed by atoms with Gasteiger partial charge in [0.05, 0.1) is 11.6 Å². The fourth-order valence-corrected chi connectivity index (χ4v) is 4.17. The van der Waals surface area contributed by atoms with Crippen molar-refractivity contribution in [2.75, 3.05) is 12.3 Å². The molecule has 0 heterocycles. The quantitative estimate of drug-likeness (QED) is 0.634. The third-order valence-corrected chi connectivity index (χ3v) is 5.40. The Hall–Kier alpha value is -1.68. The van der Waals surface area contributed by atoms with Crippen LogP contribution in [0.2, 0.25) is 0 Å². The van der Waals surface area contributed by atoms with Gasteiger partial charge in [-0.15, -0.1) is 11.8 Å². The van der Waals surface area contributed by atoms with Crippen molar-refractivity contribution in [2.45, 2.75) is 36.8 Å². The average Bonchev–Trinajstić information content (AvgIpc) is 2.57. The van der Waals surface area contributed by atoms with Gasteiger partial charge in [-0.3, -0.25) is 4.79 Å². The van der Waals surface area contributed by atoms with Crippen LogP contribution in [0.1, 0.15) is 31.2 Å². The van der Waals surface area contributed by atoms with E-state index in [2.05, 4.69) is 5.32 Å². The lowest BCUT2D eigenvalue weighted by molar-refractivity contribution is -0.137. The number of halogens is 3. The molecule has 0 saturated heterocycles. The highest BCUT2D eigenvalue weighted by Crippen LogP contribution is 2.36. The van der Waals surface area contributed by atoms with E-state index in [0.29, 0.717) is 10.6 Å². The van der Waals surface area contributed by atoms with Crippen molar-refractivity contribution in [3.8, 4) is 6.07 Å². The minimum absolute atomic E-state index is 0.0111. The molecule has 1 aliphatic carbocycles. The van der Waals surface area contributed by atoms with E-state index in [1.807, 2.05) is 6.07 Å². The number of hydrogen-bond acceptors (Lipinski definition) is 3. The number of hydrogen-bond donors (Lipinski definition) is 1. The van der Waals surface area contributed by atoms with E-state index in [0.717, 1.165) is 37.8 Å². The molecule has 1 aliphatic rings. The van der Waals surface area contributed by atoms with Gasteiger partial charge in [0, 0.05) is 16.6 Å². The zero-order valence-electron chi connectivity index (χ0n) is 13.1. The molecule has 1 aromatic carbocycles. The molecule has 1 fully saturated rings. The molecule has 1 saturated carbocycles. The first-order chi connectivity index (χ1) is 11.4. The van der Waals surface area contributed by atoms with Crippen LogP contribution < -0.4 is 5.32 Å². The van der Waals surface area contributed by atoms with Gasteiger partial charge in [0.25, 0.3) is 0 Å². The number of thioether (sulfide) groups is 1. The molecule has 1 aromatic rings. The van der Waals surface area contributed by atoms with Gasteiger partial charge in [0.15, 0.2) is 0 Å². The number of nitrogens with zero attached hydrogens (tertiary/aromatic N) is 1. The zero-order valence-corrected chi connectivity index (χ0v) is 13.9. The van der Waals surface area contributed by atoms with E-state index in [9.17, 15) is 18.0 Å². The first kappa shape index (κ1) is 18.7. The first-order valence-electron chi connectivity index (χ1n) is 7.86. The lowest BCUT2D eigenvalue weighted by atomic mass is 9.80. The van der Waals surface area contributed by atoms with Crippen LogP contribution in [0.25, 0.3) is 0 Å². The highest BCUT2D eigenvalue weighted by molar-refractivity contribution is 7.99. The molecule has 3 nitrogen and oxygen atoms in total. The number of carbonyl (C=O) groups is 1. The SMILES string of the molecule is N#CCNC(=O)[C@H]1CCCC[C@@H]1CSc1cccc(C(F)(F)F)c1. The van der Waals surface area contributed by atoms with Crippen LogP contribution in [0.3, 0.4) is 0 Å². The van der Waals surface area contributed by atoms with Crippen LogP contribution in [0.5, 0.6) is 0 Å². The molecule has 1 amide bonds. The highest BCUT2D eigenvalue weighted by Gasteiger charge is 2.32. The second-order valence-electron chi connectivity index (χ2n) is 5.86. The van der Waals surface area contributed by atoms with E-state index in [4.69, 9.17) is 5.26 Å². The van der Waals surface area contributed by atoms with Crippen LogP contribution in [0, 0.1) is 23.2 Å². The molecular formula is C17H19F3N2OS. The van der Waals surface area contributed by atoms with Crippen molar-refractivity contribution in [1.82, 2.24) is 5.32 Å². The Balaban J connectivity index is 1.98. The maximum atomic E-state index is 12.8. The van der Waals surface area contributed by atoms with Gasteiger partial charge in [-0.1, -0.05) is 18.9 Å². The summed E-state index contributed by atoms with van der Waals surface area (Å²) in [5.41, 5.74) is -0.653. The third kappa shape index (κ3) is 5.17. The molecule has 2 atom stereocenters. The summed E-state index contributed by atoms with van der Waals surface area (Å²) in [5, 5.41) is 11.2. The van der Waals surface area contributed by atoms with Gasteiger partial charge in [-0.05, 0) is 37.0 Å². The topological polar surface area (TPSA) is 52.9 Å². The van der Waals surface area contributed by atoms with Crippen molar-refractivity contribution < 1.29 is 18.0 Å². The van der Waals surface area contributed by atoms with E-state index in [-0.39, 0.29) is 24.3 Å². The highest BCUT2D eigenvalue weighted by atomic mass is 32.2. The van der Waals surface area contributed by atoms with Gasteiger partial charge in [-0.2, -0.15) is 18.4 Å². The average molecular weight is 356 g/mol. The fourth-order valence-electron chi connectivity index (χ4n) is 2.98. The molecule has 0 spiro atoms. The largest absolute Gasteiger partial charge is 0.416 e. The summed E-state index contributed by atoms with van der Waals surface area (Å²) in [7, 11) is 0. The van der Waals surface area contributed by atoms with Gasteiger partial charge >= 0.3 is 6.18 Å². The molecular weight excluding hydrogens is 337 g/mol. The lowest BCUT2D eigenvalue weighted by Crippen LogP contribution is -2.37. The standard InChI is InChI=1S/C17H19F3N2OS/c18-17(19,20)13-5-3-6-14(10-13)24-11-12-4-1-2-7-15(12)16(23)22-9-8-21/h3,5-6,10,12,15H,1-2,4,7,9,11H2,(H,22,23)/t12-,15+/m1/s1. The summed E-state index contributed by atoms with van der Waals surface area (Å²) in [6, 6.07) is 7.16. The minimum Gasteiger partial charge on any atom is -0.343 e. The van der Waals surface area contributed by atoms with Gasteiger partial charge in [0.1, 0.15) is 6.54 Å². The molecule has 1 N–H and O–H groups in total. The number of rotatable bonds is 5. The minimum atomic E-state index is -4.35. The van der Waals surface area contributed by atoms with Crippen molar-refractivity contribution in [3.05, 3.63) is 29.8 Å². The van der Waals surface area contributed by atoms with Crippen LogP contribution >= 0.6 is 11.8 Å². The molecule has 0 bridgehead atoms. The smallest absolute Gasteiger partial charge is 0.343 e. The predicted octanol–water partition coefficient (Wildman–Crippen LogP) is 4.24. The fraction of sp³-hybridized carbons (Fsp3) is 0.529. The molecule has 7 heteroatoms. The van der Waals surface area contributed by atoms with Crippen molar-refractivity contribution >= 4 is 17.7 Å².